The summed E-state index contributed by atoms with van der Waals surface area (Å²) in [5.74, 6) is 0.800. The molecule has 0 aliphatic heterocycles. The quantitative estimate of drug-likeness (QED) is 0.400. The normalized spacial score (nSPS) is 11.0. The van der Waals surface area contributed by atoms with E-state index >= 15 is 0 Å². The Kier molecular flexibility index (Phi) is 8.86. The zero-order valence-electron chi connectivity index (χ0n) is 13.5. The fraction of sp³-hybridized carbons (Fsp3) is 0.375. The van der Waals surface area contributed by atoms with Gasteiger partial charge >= 0.3 is 0 Å². The van der Waals surface area contributed by atoms with Crippen molar-refractivity contribution in [3.05, 3.63) is 50.4 Å². The van der Waals surface area contributed by atoms with E-state index in [2.05, 4.69) is 27.5 Å². The van der Waals surface area contributed by atoms with E-state index in [0.717, 1.165) is 41.2 Å². The average Bonchev–Trinajstić information content (AvgIpc) is 2.82. The van der Waals surface area contributed by atoms with Crippen molar-refractivity contribution in [2.45, 2.75) is 26.8 Å². The van der Waals surface area contributed by atoms with Crippen LogP contribution in [0.1, 0.15) is 21.1 Å². The van der Waals surface area contributed by atoms with Crippen LogP contribution in [0.25, 0.3) is 0 Å². The highest BCUT2D eigenvalue weighted by Crippen LogP contribution is 2.17. The summed E-state index contributed by atoms with van der Waals surface area (Å²) in [7, 11) is 1.78. The first-order chi connectivity index (χ1) is 10.6. The van der Waals surface area contributed by atoms with Gasteiger partial charge in [0.2, 0.25) is 0 Å². The van der Waals surface area contributed by atoms with Gasteiger partial charge in [0, 0.05) is 36.5 Å². The average molecular weight is 465 g/mol. The Hall–Kier alpha value is -0.860. The topological polar surface area (TPSA) is 49.3 Å². The maximum atomic E-state index is 5.88. The fourth-order valence-electron chi connectivity index (χ4n) is 2.11. The van der Waals surface area contributed by atoms with Crippen LogP contribution in [-0.4, -0.2) is 24.5 Å². The predicted molar refractivity (Wildman–Crippen MR) is 110 cm³/mol. The number of thiazole rings is 1. The largest absolute Gasteiger partial charge is 0.356 e. The molecule has 2 rings (SSSR count). The number of aryl methyl sites for hydroxylation is 2. The van der Waals surface area contributed by atoms with Crippen molar-refractivity contribution in [2.24, 2.45) is 4.99 Å². The molecule has 2 N–H and O–H groups in total. The molecule has 0 saturated heterocycles. The maximum Gasteiger partial charge on any atom is 0.191 e. The number of nitrogens with one attached hydrogen (secondary N) is 2. The first-order valence-electron chi connectivity index (χ1n) is 7.20. The van der Waals surface area contributed by atoms with Crippen molar-refractivity contribution in [1.29, 1.82) is 0 Å². The smallest absolute Gasteiger partial charge is 0.191 e. The summed E-state index contributed by atoms with van der Waals surface area (Å²) in [5, 5.41) is 8.50. The minimum absolute atomic E-state index is 0. The lowest BCUT2D eigenvalue weighted by Gasteiger charge is -2.11. The van der Waals surface area contributed by atoms with Crippen LogP contribution in [0.15, 0.2) is 29.3 Å². The molecule has 0 saturated carbocycles. The van der Waals surface area contributed by atoms with Gasteiger partial charge in [0.05, 0.1) is 10.7 Å². The maximum absolute atomic E-state index is 5.88. The van der Waals surface area contributed by atoms with Gasteiger partial charge in [-0.05, 0) is 31.5 Å². The van der Waals surface area contributed by atoms with Gasteiger partial charge in [0.1, 0.15) is 0 Å². The number of aliphatic imine (C=N–C) groups is 1. The Morgan fingerprint density at radius 3 is 2.48 bits per heavy atom. The highest BCUT2D eigenvalue weighted by atomic mass is 127. The molecule has 4 nitrogen and oxygen atoms in total. The molecule has 0 bridgehead atoms. The summed E-state index contributed by atoms with van der Waals surface area (Å²) in [6.45, 7) is 5.66. The van der Waals surface area contributed by atoms with Gasteiger partial charge in [0.15, 0.2) is 5.96 Å². The summed E-state index contributed by atoms with van der Waals surface area (Å²) < 4.78 is 0. The van der Waals surface area contributed by atoms with Crippen molar-refractivity contribution in [3.8, 4) is 0 Å². The van der Waals surface area contributed by atoms with Crippen LogP contribution in [0, 0.1) is 13.8 Å². The molecule has 0 spiro atoms. The highest BCUT2D eigenvalue weighted by molar-refractivity contribution is 14.0. The molecule has 0 aliphatic carbocycles. The Morgan fingerprint density at radius 2 is 1.91 bits per heavy atom. The Bertz CT molecular complexity index is 640. The van der Waals surface area contributed by atoms with Crippen LogP contribution >= 0.6 is 46.9 Å². The lowest BCUT2D eigenvalue weighted by Crippen LogP contribution is -2.37. The standard InChI is InChI=1S/C16H21ClN4S.HI/c1-11-15(22-12(2)21-11)8-9-19-16(18-3)20-10-13-4-6-14(17)7-5-13;/h4-7H,8-10H2,1-3H3,(H2,18,19,20);1H. The molecule has 7 heteroatoms. The molecule has 126 valence electrons. The van der Waals surface area contributed by atoms with E-state index in [1.54, 1.807) is 18.4 Å². The third kappa shape index (κ3) is 6.64. The molecule has 0 atom stereocenters. The van der Waals surface area contributed by atoms with E-state index in [1.807, 2.05) is 31.2 Å². The predicted octanol–water partition coefficient (Wildman–Crippen LogP) is 3.94. The third-order valence-electron chi connectivity index (χ3n) is 3.24. The van der Waals surface area contributed by atoms with Gasteiger partial charge in [-0.2, -0.15) is 0 Å². The number of halogens is 2. The molecule has 0 unspecified atom stereocenters. The lowest BCUT2D eigenvalue weighted by molar-refractivity contribution is 0.796. The van der Waals surface area contributed by atoms with Crippen molar-refractivity contribution < 1.29 is 0 Å². The SMILES string of the molecule is CN=C(NCCc1sc(C)nc1C)NCc1ccc(Cl)cc1.I. The number of rotatable bonds is 5. The van der Waals surface area contributed by atoms with Crippen LogP contribution in [0.4, 0.5) is 0 Å². The second kappa shape index (κ2) is 10.1. The summed E-state index contributed by atoms with van der Waals surface area (Å²) in [6, 6.07) is 7.80. The molecule has 2 aromatic rings. The zero-order valence-corrected chi connectivity index (χ0v) is 17.4. The Labute approximate surface area is 163 Å². The van der Waals surface area contributed by atoms with E-state index in [0.29, 0.717) is 0 Å². The monoisotopic (exact) mass is 464 g/mol. The molecular weight excluding hydrogens is 443 g/mol. The van der Waals surface area contributed by atoms with Gasteiger partial charge in [0.25, 0.3) is 0 Å². The highest BCUT2D eigenvalue weighted by Gasteiger charge is 2.05. The van der Waals surface area contributed by atoms with Crippen LogP contribution in [0.2, 0.25) is 5.02 Å². The number of hydrogen-bond acceptors (Lipinski definition) is 3. The summed E-state index contributed by atoms with van der Waals surface area (Å²) >= 11 is 7.64. The second-order valence-electron chi connectivity index (χ2n) is 4.97. The van der Waals surface area contributed by atoms with E-state index in [1.165, 1.54) is 10.4 Å². The first kappa shape index (κ1) is 20.2. The number of benzene rings is 1. The Morgan fingerprint density at radius 1 is 1.22 bits per heavy atom. The number of nitrogens with zero attached hydrogens (tertiary/aromatic N) is 2. The third-order valence-corrected chi connectivity index (χ3v) is 4.63. The summed E-state index contributed by atoms with van der Waals surface area (Å²) in [6.07, 6.45) is 0.957. The van der Waals surface area contributed by atoms with Crippen LogP contribution in [0.5, 0.6) is 0 Å². The number of guanidine groups is 1. The molecule has 0 fully saturated rings. The van der Waals surface area contributed by atoms with E-state index in [9.17, 15) is 0 Å². The first-order valence-corrected chi connectivity index (χ1v) is 8.40. The van der Waals surface area contributed by atoms with Gasteiger partial charge < -0.3 is 10.6 Å². The Balaban J connectivity index is 0.00000264. The number of hydrogen-bond donors (Lipinski definition) is 2. The molecule has 0 amide bonds. The van der Waals surface area contributed by atoms with E-state index in [-0.39, 0.29) is 24.0 Å². The van der Waals surface area contributed by atoms with Gasteiger partial charge in [-0.15, -0.1) is 35.3 Å². The summed E-state index contributed by atoms with van der Waals surface area (Å²) in [5.41, 5.74) is 2.30. The van der Waals surface area contributed by atoms with Crippen molar-refractivity contribution in [2.75, 3.05) is 13.6 Å². The second-order valence-corrected chi connectivity index (χ2v) is 6.69. The van der Waals surface area contributed by atoms with E-state index in [4.69, 9.17) is 11.6 Å². The molecule has 23 heavy (non-hydrogen) atoms. The van der Waals surface area contributed by atoms with Crippen LogP contribution in [-0.2, 0) is 13.0 Å². The lowest BCUT2D eigenvalue weighted by atomic mass is 10.2. The van der Waals surface area contributed by atoms with Crippen molar-refractivity contribution in [1.82, 2.24) is 15.6 Å². The zero-order chi connectivity index (χ0) is 15.9. The van der Waals surface area contributed by atoms with Crippen molar-refractivity contribution in [3.63, 3.8) is 0 Å². The molecule has 0 aliphatic rings. The van der Waals surface area contributed by atoms with Crippen LogP contribution in [0.3, 0.4) is 0 Å². The van der Waals surface area contributed by atoms with Gasteiger partial charge in [-0.1, -0.05) is 23.7 Å². The van der Waals surface area contributed by atoms with Crippen molar-refractivity contribution >= 4 is 52.9 Å². The summed E-state index contributed by atoms with van der Waals surface area (Å²) in [4.78, 5) is 10.0. The molecule has 1 heterocycles. The van der Waals surface area contributed by atoms with Gasteiger partial charge in [-0.25, -0.2) is 4.98 Å². The molecular formula is C16H22ClIN4S. The van der Waals surface area contributed by atoms with E-state index < -0.39 is 0 Å². The van der Waals surface area contributed by atoms with Crippen LogP contribution < -0.4 is 10.6 Å². The fourth-order valence-corrected chi connectivity index (χ4v) is 3.17. The molecule has 1 aromatic heterocycles. The molecule has 1 aromatic carbocycles. The minimum Gasteiger partial charge on any atom is -0.356 e. The van der Waals surface area contributed by atoms with Gasteiger partial charge in [-0.3, -0.25) is 4.99 Å². The molecule has 0 radical (unpaired) electrons. The minimum atomic E-state index is 0. The number of aromatic nitrogens is 1.